The summed E-state index contributed by atoms with van der Waals surface area (Å²) in [6, 6.07) is -3.43. The number of aliphatic carboxylic acids is 2. The Labute approximate surface area is 147 Å². The fourth-order valence-corrected chi connectivity index (χ4v) is 2.24. The highest BCUT2D eigenvalue weighted by Crippen LogP contribution is 2.07. The summed E-state index contributed by atoms with van der Waals surface area (Å²) in [7, 11) is 0. The molecule has 0 fully saturated rings. The lowest BCUT2D eigenvalue weighted by Crippen LogP contribution is -2.55. The van der Waals surface area contributed by atoms with E-state index in [9.17, 15) is 19.2 Å². The molecule has 0 unspecified atom stereocenters. The van der Waals surface area contributed by atoms with Crippen LogP contribution in [-0.4, -0.2) is 52.1 Å². The van der Waals surface area contributed by atoms with Gasteiger partial charge in [-0.1, -0.05) is 27.7 Å². The second-order valence-electron chi connectivity index (χ2n) is 6.92. The zero-order valence-corrected chi connectivity index (χ0v) is 15.1. The molecule has 0 aromatic rings. The molecule has 0 aliphatic heterocycles. The Kier molecular flexibility index (Phi) is 9.73. The molecule has 0 aliphatic rings. The molecule has 0 aromatic carbocycles. The molecule has 0 rings (SSSR count). The molecule has 2 amide bonds. The van der Waals surface area contributed by atoms with Crippen molar-refractivity contribution in [2.24, 2.45) is 17.6 Å². The molecule has 0 heterocycles. The summed E-state index contributed by atoms with van der Waals surface area (Å²) in [4.78, 5) is 46.5. The molecule has 0 aromatic heterocycles. The first kappa shape index (κ1) is 22.8. The van der Waals surface area contributed by atoms with Crippen molar-refractivity contribution in [3.8, 4) is 0 Å². The topological polar surface area (TPSA) is 159 Å². The molecule has 0 saturated carbocycles. The maximum atomic E-state index is 12.3. The monoisotopic (exact) mass is 359 g/mol. The van der Waals surface area contributed by atoms with Crippen molar-refractivity contribution in [1.82, 2.24) is 10.6 Å². The van der Waals surface area contributed by atoms with E-state index in [-0.39, 0.29) is 18.3 Å². The SMILES string of the molecule is CC(C)C[C@H](NC(=O)[C@H](CC(=O)O)NC(=O)[C@@H](N)CC(C)C)C(=O)O. The summed E-state index contributed by atoms with van der Waals surface area (Å²) in [5.41, 5.74) is 5.73. The Morgan fingerprint density at radius 3 is 1.72 bits per heavy atom. The number of carboxylic acid groups (broad SMARTS) is 2. The van der Waals surface area contributed by atoms with Gasteiger partial charge >= 0.3 is 11.9 Å². The van der Waals surface area contributed by atoms with Crippen molar-refractivity contribution in [3.05, 3.63) is 0 Å². The van der Waals surface area contributed by atoms with E-state index in [2.05, 4.69) is 10.6 Å². The number of carboxylic acids is 2. The van der Waals surface area contributed by atoms with Crippen LogP contribution in [0.4, 0.5) is 0 Å². The normalized spacial score (nSPS) is 14.7. The van der Waals surface area contributed by atoms with Gasteiger partial charge in [-0.05, 0) is 24.7 Å². The molecule has 144 valence electrons. The first-order valence-electron chi connectivity index (χ1n) is 8.24. The minimum atomic E-state index is -1.39. The zero-order chi connectivity index (χ0) is 19.7. The quantitative estimate of drug-likeness (QED) is 0.345. The van der Waals surface area contributed by atoms with E-state index in [0.717, 1.165) is 0 Å². The molecule has 25 heavy (non-hydrogen) atoms. The van der Waals surface area contributed by atoms with E-state index in [1.807, 2.05) is 13.8 Å². The van der Waals surface area contributed by atoms with Crippen LogP contribution in [0.2, 0.25) is 0 Å². The number of carbonyl (C=O) groups excluding carboxylic acids is 2. The fraction of sp³-hybridized carbons (Fsp3) is 0.750. The van der Waals surface area contributed by atoms with Crippen LogP contribution >= 0.6 is 0 Å². The minimum Gasteiger partial charge on any atom is -0.481 e. The molecular weight excluding hydrogens is 330 g/mol. The highest BCUT2D eigenvalue weighted by atomic mass is 16.4. The number of carbonyl (C=O) groups is 4. The number of rotatable bonds is 11. The van der Waals surface area contributed by atoms with Gasteiger partial charge in [-0.15, -0.1) is 0 Å². The van der Waals surface area contributed by atoms with E-state index in [1.165, 1.54) is 0 Å². The van der Waals surface area contributed by atoms with E-state index in [0.29, 0.717) is 6.42 Å². The molecule has 0 spiro atoms. The van der Waals surface area contributed by atoms with Crippen molar-refractivity contribution in [2.45, 2.75) is 65.1 Å². The van der Waals surface area contributed by atoms with Gasteiger partial charge < -0.3 is 26.6 Å². The van der Waals surface area contributed by atoms with Gasteiger partial charge in [0.15, 0.2) is 0 Å². The average Bonchev–Trinajstić information content (AvgIpc) is 2.43. The Balaban J connectivity index is 5.05. The van der Waals surface area contributed by atoms with Crippen LogP contribution in [0, 0.1) is 11.8 Å². The second kappa shape index (κ2) is 10.7. The van der Waals surface area contributed by atoms with Gasteiger partial charge in [0.25, 0.3) is 0 Å². The lowest BCUT2D eigenvalue weighted by atomic mass is 10.0. The van der Waals surface area contributed by atoms with E-state index >= 15 is 0 Å². The van der Waals surface area contributed by atoms with Crippen molar-refractivity contribution >= 4 is 23.8 Å². The number of amides is 2. The molecule has 9 heteroatoms. The molecule has 0 saturated heterocycles. The highest BCUT2D eigenvalue weighted by molar-refractivity contribution is 5.93. The molecule has 3 atom stereocenters. The van der Waals surface area contributed by atoms with Crippen molar-refractivity contribution in [3.63, 3.8) is 0 Å². The third kappa shape index (κ3) is 9.65. The number of nitrogens with one attached hydrogen (secondary N) is 2. The first-order chi connectivity index (χ1) is 11.4. The Morgan fingerprint density at radius 2 is 1.32 bits per heavy atom. The van der Waals surface area contributed by atoms with Crippen LogP contribution < -0.4 is 16.4 Å². The average molecular weight is 359 g/mol. The van der Waals surface area contributed by atoms with Gasteiger partial charge in [-0.2, -0.15) is 0 Å². The van der Waals surface area contributed by atoms with Crippen LogP contribution in [0.15, 0.2) is 0 Å². The molecule has 9 nitrogen and oxygen atoms in total. The Morgan fingerprint density at radius 1 is 0.840 bits per heavy atom. The summed E-state index contributed by atoms with van der Waals surface area (Å²) in [5, 5.41) is 22.7. The van der Waals surface area contributed by atoms with Crippen LogP contribution in [0.3, 0.4) is 0 Å². The standard InChI is InChI=1S/C16H29N3O6/c1-8(2)5-10(17)14(22)18-11(7-13(20)21)15(23)19-12(16(24)25)6-9(3)4/h8-12H,5-7,17H2,1-4H3,(H,18,22)(H,19,23)(H,20,21)(H,24,25)/t10-,11-,12-/m0/s1. The van der Waals surface area contributed by atoms with Gasteiger partial charge in [0, 0.05) is 0 Å². The molecule has 0 radical (unpaired) electrons. The summed E-state index contributed by atoms with van der Waals surface area (Å²) in [5.74, 6) is -3.87. The van der Waals surface area contributed by atoms with Crippen molar-refractivity contribution < 1.29 is 29.4 Å². The lowest BCUT2D eigenvalue weighted by molar-refractivity contribution is -0.143. The Bertz CT molecular complexity index is 492. The van der Waals surface area contributed by atoms with Crippen molar-refractivity contribution in [2.75, 3.05) is 0 Å². The smallest absolute Gasteiger partial charge is 0.326 e. The summed E-state index contributed by atoms with van der Waals surface area (Å²) in [6.45, 7) is 7.34. The molecule has 0 bridgehead atoms. The van der Waals surface area contributed by atoms with Gasteiger partial charge in [0.2, 0.25) is 11.8 Å². The zero-order valence-electron chi connectivity index (χ0n) is 15.1. The maximum absolute atomic E-state index is 12.3. The summed E-state index contributed by atoms with van der Waals surface area (Å²) < 4.78 is 0. The van der Waals surface area contributed by atoms with Crippen LogP contribution in [0.1, 0.15) is 47.0 Å². The van der Waals surface area contributed by atoms with Gasteiger partial charge in [-0.25, -0.2) is 4.79 Å². The van der Waals surface area contributed by atoms with E-state index < -0.39 is 48.3 Å². The summed E-state index contributed by atoms with van der Waals surface area (Å²) >= 11 is 0. The molecular formula is C16H29N3O6. The minimum absolute atomic E-state index is 0.00776. The highest BCUT2D eigenvalue weighted by Gasteiger charge is 2.30. The predicted molar refractivity (Wildman–Crippen MR) is 90.6 cm³/mol. The maximum Gasteiger partial charge on any atom is 0.326 e. The van der Waals surface area contributed by atoms with E-state index in [1.54, 1.807) is 13.8 Å². The largest absolute Gasteiger partial charge is 0.481 e. The predicted octanol–water partition coefficient (Wildman–Crippen LogP) is -0.0652. The second-order valence-corrected chi connectivity index (χ2v) is 6.92. The molecule has 6 N–H and O–H groups in total. The molecule has 0 aliphatic carbocycles. The third-order valence-corrected chi connectivity index (χ3v) is 3.40. The third-order valence-electron chi connectivity index (χ3n) is 3.40. The van der Waals surface area contributed by atoms with Gasteiger partial charge in [0.1, 0.15) is 12.1 Å². The number of nitrogens with two attached hydrogens (primary N) is 1. The number of hydrogen-bond acceptors (Lipinski definition) is 5. The fourth-order valence-electron chi connectivity index (χ4n) is 2.24. The van der Waals surface area contributed by atoms with Crippen LogP contribution in [0.25, 0.3) is 0 Å². The van der Waals surface area contributed by atoms with Crippen LogP contribution in [0.5, 0.6) is 0 Å². The number of hydrogen-bond donors (Lipinski definition) is 5. The van der Waals surface area contributed by atoms with Gasteiger partial charge in [0.05, 0.1) is 12.5 Å². The Hall–Kier alpha value is -2.16. The van der Waals surface area contributed by atoms with Crippen LogP contribution in [-0.2, 0) is 19.2 Å². The van der Waals surface area contributed by atoms with Gasteiger partial charge in [-0.3, -0.25) is 14.4 Å². The van der Waals surface area contributed by atoms with E-state index in [4.69, 9.17) is 15.9 Å². The summed E-state index contributed by atoms with van der Waals surface area (Å²) in [6.07, 6.45) is -0.111. The first-order valence-corrected chi connectivity index (χ1v) is 8.24. The lowest BCUT2D eigenvalue weighted by Gasteiger charge is -2.23. The van der Waals surface area contributed by atoms with Crippen molar-refractivity contribution in [1.29, 1.82) is 0 Å².